The van der Waals surface area contributed by atoms with Crippen molar-refractivity contribution >= 4 is 60.1 Å². The zero-order valence-electron chi connectivity index (χ0n) is 11.9. The number of fused-ring (bicyclic) bond motifs is 1. The number of hydrogen-bond donors (Lipinski definition) is 1. The average Bonchev–Trinajstić information content (AvgIpc) is 2.97. The van der Waals surface area contributed by atoms with Gasteiger partial charge in [-0.05, 0) is 30.3 Å². The summed E-state index contributed by atoms with van der Waals surface area (Å²) in [5.74, 6) is -2.32. The Bertz CT molecular complexity index is 1040. The summed E-state index contributed by atoms with van der Waals surface area (Å²) in [6.45, 7) is 0. The largest absolute Gasteiger partial charge is 0.323 e. The first-order chi connectivity index (χ1) is 11.4. The highest BCUT2D eigenvalue weighted by molar-refractivity contribution is 9.10. The second kappa shape index (κ2) is 6.54. The number of hydrogen-bond acceptors (Lipinski definition) is 6. The van der Waals surface area contributed by atoms with Crippen molar-refractivity contribution in [3.8, 4) is 0 Å². The molecule has 1 N–H and O–H groups in total. The van der Waals surface area contributed by atoms with Crippen LogP contribution < -0.4 is 5.32 Å². The first kappa shape index (κ1) is 16.9. The number of benzene rings is 2. The number of sulfone groups is 1. The maximum absolute atomic E-state index is 13.7. The second-order valence-electron chi connectivity index (χ2n) is 4.82. The van der Waals surface area contributed by atoms with Gasteiger partial charge in [0.25, 0.3) is 0 Å². The summed E-state index contributed by atoms with van der Waals surface area (Å²) in [6, 6.07) is 8.58. The zero-order chi connectivity index (χ0) is 17.3. The molecule has 0 aliphatic rings. The quantitative estimate of drug-likeness (QED) is 0.688. The molecule has 0 saturated heterocycles. The summed E-state index contributed by atoms with van der Waals surface area (Å²) < 4.78 is 47.1. The Labute approximate surface area is 149 Å². The van der Waals surface area contributed by atoms with Crippen molar-refractivity contribution in [3.05, 3.63) is 46.7 Å². The number of carbonyl (C=O) groups excluding carboxylic acids is 1. The molecule has 10 heteroatoms. The fourth-order valence-corrected chi connectivity index (χ4v) is 4.30. The Balaban J connectivity index is 1.84. The summed E-state index contributed by atoms with van der Waals surface area (Å²) in [5.41, 5.74) is 0.581. The van der Waals surface area contributed by atoms with Crippen LogP contribution in [0.3, 0.4) is 0 Å². The van der Waals surface area contributed by atoms with Crippen LogP contribution in [0.25, 0.3) is 11.0 Å². The fraction of sp³-hybridized carbons (Fsp3) is 0.0714. The summed E-state index contributed by atoms with van der Waals surface area (Å²) in [6.07, 6.45) is 0. The smallest absolute Gasteiger partial charge is 0.240 e. The van der Waals surface area contributed by atoms with Crippen LogP contribution in [0.2, 0.25) is 0 Å². The lowest BCUT2D eigenvalue weighted by molar-refractivity contribution is -0.113. The summed E-state index contributed by atoms with van der Waals surface area (Å²) in [4.78, 5) is 11.9. The first-order valence-electron chi connectivity index (χ1n) is 6.56. The molecule has 6 nitrogen and oxygen atoms in total. The van der Waals surface area contributed by atoms with Crippen molar-refractivity contribution in [2.45, 2.75) is 4.90 Å². The maximum Gasteiger partial charge on any atom is 0.240 e. The fourth-order valence-electron chi connectivity index (χ4n) is 2.06. The number of amides is 1. The summed E-state index contributed by atoms with van der Waals surface area (Å²) >= 11 is 3.99. The number of halogens is 2. The van der Waals surface area contributed by atoms with Gasteiger partial charge in [0.15, 0.2) is 9.84 Å². The van der Waals surface area contributed by atoms with Crippen LogP contribution in [0.1, 0.15) is 0 Å². The van der Waals surface area contributed by atoms with Crippen LogP contribution in [0.15, 0.2) is 45.8 Å². The van der Waals surface area contributed by atoms with Gasteiger partial charge in [-0.15, -0.1) is 0 Å². The number of carbonyl (C=O) groups is 1. The number of aromatic nitrogens is 2. The van der Waals surface area contributed by atoms with Gasteiger partial charge in [0, 0.05) is 4.47 Å². The van der Waals surface area contributed by atoms with Gasteiger partial charge in [-0.2, -0.15) is 8.75 Å². The molecule has 0 aliphatic heterocycles. The predicted octanol–water partition coefficient (Wildman–Crippen LogP) is 3.01. The topological polar surface area (TPSA) is 89.0 Å². The van der Waals surface area contributed by atoms with Gasteiger partial charge in [-0.1, -0.05) is 22.0 Å². The summed E-state index contributed by atoms with van der Waals surface area (Å²) in [7, 11) is -3.94. The van der Waals surface area contributed by atoms with Crippen molar-refractivity contribution in [2.75, 3.05) is 11.1 Å². The molecule has 1 aromatic heterocycles. The third-order valence-electron chi connectivity index (χ3n) is 3.11. The first-order valence-corrected chi connectivity index (χ1v) is 9.73. The predicted molar refractivity (Wildman–Crippen MR) is 92.2 cm³/mol. The molecule has 0 atom stereocenters. The van der Waals surface area contributed by atoms with E-state index in [0.717, 1.165) is 11.7 Å². The molecule has 1 heterocycles. The molecule has 3 rings (SSSR count). The van der Waals surface area contributed by atoms with E-state index >= 15 is 0 Å². The second-order valence-corrected chi connectivity index (χ2v) is 8.22. The number of nitrogens with zero attached hydrogens (tertiary/aromatic N) is 2. The van der Waals surface area contributed by atoms with E-state index in [2.05, 4.69) is 30.0 Å². The highest BCUT2D eigenvalue weighted by atomic mass is 79.9. The van der Waals surface area contributed by atoms with Crippen LogP contribution in [0.5, 0.6) is 0 Å². The third-order valence-corrected chi connectivity index (χ3v) is 5.79. The Morgan fingerprint density at radius 2 is 2.04 bits per heavy atom. The monoisotopic (exact) mass is 429 g/mol. The minimum Gasteiger partial charge on any atom is -0.323 e. The van der Waals surface area contributed by atoms with Gasteiger partial charge in [0.1, 0.15) is 22.6 Å². The lowest BCUT2D eigenvalue weighted by Crippen LogP contribution is -2.23. The van der Waals surface area contributed by atoms with Crippen molar-refractivity contribution in [1.82, 2.24) is 8.75 Å². The molecule has 124 valence electrons. The van der Waals surface area contributed by atoms with Gasteiger partial charge in [-0.25, -0.2) is 12.8 Å². The Morgan fingerprint density at radius 1 is 1.25 bits per heavy atom. The van der Waals surface area contributed by atoms with E-state index in [0.29, 0.717) is 9.99 Å². The maximum atomic E-state index is 13.7. The molecular formula is C14H9BrFN3O3S2. The van der Waals surface area contributed by atoms with Crippen LogP contribution in [-0.4, -0.2) is 28.8 Å². The molecule has 0 bridgehead atoms. The molecule has 0 radical (unpaired) electrons. The highest BCUT2D eigenvalue weighted by Crippen LogP contribution is 2.23. The van der Waals surface area contributed by atoms with Crippen molar-refractivity contribution in [1.29, 1.82) is 0 Å². The molecule has 3 aromatic rings. The zero-order valence-corrected chi connectivity index (χ0v) is 15.1. The van der Waals surface area contributed by atoms with Crippen LogP contribution >= 0.6 is 27.7 Å². The summed E-state index contributed by atoms with van der Waals surface area (Å²) in [5, 5.41) is 2.26. The van der Waals surface area contributed by atoms with E-state index < -0.39 is 27.3 Å². The highest BCUT2D eigenvalue weighted by Gasteiger charge is 2.23. The molecule has 0 saturated carbocycles. The lowest BCUT2D eigenvalue weighted by atomic mass is 10.3. The number of nitrogens with one attached hydrogen (secondary N) is 1. The molecule has 1 amide bonds. The van der Waals surface area contributed by atoms with Crippen LogP contribution in [-0.2, 0) is 14.6 Å². The van der Waals surface area contributed by atoms with E-state index in [-0.39, 0.29) is 16.1 Å². The molecule has 0 unspecified atom stereocenters. The van der Waals surface area contributed by atoms with Crippen molar-refractivity contribution in [2.24, 2.45) is 0 Å². The number of rotatable bonds is 4. The molecular weight excluding hydrogens is 421 g/mol. The Hall–Kier alpha value is -1.91. The number of anilines is 1. The SMILES string of the molecule is O=C(CS(=O)(=O)c1cccc2nsnc12)Nc1ccc(Br)cc1F. The van der Waals surface area contributed by atoms with E-state index in [1.54, 1.807) is 6.07 Å². The Kier molecular flexibility index (Phi) is 4.61. The van der Waals surface area contributed by atoms with Crippen LogP contribution in [0.4, 0.5) is 10.1 Å². The van der Waals surface area contributed by atoms with Crippen molar-refractivity contribution < 1.29 is 17.6 Å². The van der Waals surface area contributed by atoms with Gasteiger partial charge >= 0.3 is 0 Å². The van der Waals surface area contributed by atoms with Gasteiger partial charge in [0.2, 0.25) is 5.91 Å². The Morgan fingerprint density at radius 3 is 2.79 bits per heavy atom. The van der Waals surface area contributed by atoms with Gasteiger partial charge < -0.3 is 5.32 Å². The average molecular weight is 430 g/mol. The minimum absolute atomic E-state index is 0.0693. The minimum atomic E-state index is -3.94. The van der Waals surface area contributed by atoms with E-state index in [1.807, 2.05) is 0 Å². The molecule has 24 heavy (non-hydrogen) atoms. The standard InChI is InChI=1S/C14H9BrFN3O3S2/c15-8-4-5-10(9(16)6-8)17-13(20)7-24(21,22)12-3-1-2-11-14(12)19-23-18-11/h1-6H,7H2,(H,17,20). The molecule has 0 fully saturated rings. The molecule has 0 spiro atoms. The van der Waals surface area contributed by atoms with E-state index in [1.165, 1.54) is 30.3 Å². The molecule has 2 aromatic carbocycles. The van der Waals surface area contributed by atoms with Gasteiger partial charge in [0.05, 0.1) is 22.3 Å². The third kappa shape index (κ3) is 3.45. The lowest BCUT2D eigenvalue weighted by Gasteiger charge is -2.08. The van der Waals surface area contributed by atoms with Gasteiger partial charge in [-0.3, -0.25) is 4.79 Å². The normalized spacial score (nSPS) is 11.6. The van der Waals surface area contributed by atoms with Crippen LogP contribution in [0, 0.1) is 5.82 Å². The van der Waals surface area contributed by atoms with E-state index in [4.69, 9.17) is 0 Å². The van der Waals surface area contributed by atoms with Crippen molar-refractivity contribution in [3.63, 3.8) is 0 Å². The molecule has 0 aliphatic carbocycles. The van der Waals surface area contributed by atoms with E-state index in [9.17, 15) is 17.6 Å².